The van der Waals surface area contributed by atoms with E-state index in [0.717, 1.165) is 5.56 Å². The van der Waals surface area contributed by atoms with Gasteiger partial charge in [0.2, 0.25) is 0 Å². The third kappa shape index (κ3) is 5.30. The number of rotatable bonds is 7. The SMILES string of the molecule is Cc1cccc(OCC(=O)O[C@H](C)C(=O)Nc2ccccc2[N+](=O)[O-])c1. The van der Waals surface area contributed by atoms with E-state index in [4.69, 9.17) is 9.47 Å². The zero-order valence-corrected chi connectivity index (χ0v) is 14.3. The summed E-state index contributed by atoms with van der Waals surface area (Å²) in [5.74, 6) is -0.890. The van der Waals surface area contributed by atoms with Crippen LogP contribution < -0.4 is 10.1 Å². The molecule has 1 N–H and O–H groups in total. The van der Waals surface area contributed by atoms with Gasteiger partial charge in [-0.1, -0.05) is 24.3 Å². The van der Waals surface area contributed by atoms with Crippen LogP contribution in [0.15, 0.2) is 48.5 Å². The maximum absolute atomic E-state index is 12.1. The molecule has 0 fully saturated rings. The summed E-state index contributed by atoms with van der Waals surface area (Å²) in [4.78, 5) is 34.2. The van der Waals surface area contributed by atoms with Gasteiger partial charge >= 0.3 is 5.97 Å². The van der Waals surface area contributed by atoms with Crippen molar-refractivity contribution in [2.75, 3.05) is 11.9 Å². The first-order valence-corrected chi connectivity index (χ1v) is 7.80. The van der Waals surface area contributed by atoms with Gasteiger partial charge in [0.1, 0.15) is 11.4 Å². The number of nitro groups is 1. The van der Waals surface area contributed by atoms with E-state index in [-0.39, 0.29) is 18.0 Å². The number of anilines is 1. The van der Waals surface area contributed by atoms with E-state index >= 15 is 0 Å². The molecule has 8 nitrogen and oxygen atoms in total. The van der Waals surface area contributed by atoms with Gasteiger partial charge in [0.05, 0.1) is 4.92 Å². The molecule has 0 aromatic heterocycles. The zero-order chi connectivity index (χ0) is 19.1. The molecule has 0 bridgehead atoms. The van der Waals surface area contributed by atoms with E-state index in [1.54, 1.807) is 24.3 Å². The van der Waals surface area contributed by atoms with Crippen LogP contribution in [0.1, 0.15) is 12.5 Å². The normalized spacial score (nSPS) is 11.3. The van der Waals surface area contributed by atoms with Gasteiger partial charge in [-0.15, -0.1) is 0 Å². The quantitative estimate of drug-likeness (QED) is 0.463. The van der Waals surface area contributed by atoms with Crippen molar-refractivity contribution in [2.24, 2.45) is 0 Å². The minimum atomic E-state index is -1.14. The largest absolute Gasteiger partial charge is 0.482 e. The number of nitro benzene ring substituents is 1. The van der Waals surface area contributed by atoms with Crippen LogP contribution in [-0.2, 0) is 14.3 Å². The molecule has 0 heterocycles. The first-order valence-electron chi connectivity index (χ1n) is 7.80. The number of ether oxygens (including phenoxy) is 2. The number of hydrogen-bond acceptors (Lipinski definition) is 6. The minimum Gasteiger partial charge on any atom is -0.482 e. The Morgan fingerprint density at radius 1 is 1.19 bits per heavy atom. The van der Waals surface area contributed by atoms with Gasteiger partial charge in [-0.3, -0.25) is 14.9 Å². The highest BCUT2D eigenvalue weighted by atomic mass is 16.6. The van der Waals surface area contributed by atoms with Crippen LogP contribution in [0.5, 0.6) is 5.75 Å². The van der Waals surface area contributed by atoms with Crippen LogP contribution >= 0.6 is 0 Å². The Morgan fingerprint density at radius 2 is 1.92 bits per heavy atom. The number of esters is 1. The highest BCUT2D eigenvalue weighted by Gasteiger charge is 2.21. The molecule has 0 saturated carbocycles. The number of benzene rings is 2. The molecule has 2 rings (SSSR count). The second kappa shape index (κ2) is 8.61. The summed E-state index contributed by atoms with van der Waals surface area (Å²) in [5, 5.41) is 13.3. The molecular formula is C18H18N2O6. The monoisotopic (exact) mass is 358 g/mol. The van der Waals surface area contributed by atoms with Gasteiger partial charge in [-0.25, -0.2) is 4.79 Å². The fourth-order valence-corrected chi connectivity index (χ4v) is 2.11. The van der Waals surface area contributed by atoms with E-state index in [9.17, 15) is 19.7 Å². The second-order valence-corrected chi connectivity index (χ2v) is 5.50. The summed E-state index contributed by atoms with van der Waals surface area (Å²) in [6.45, 7) is 2.90. The van der Waals surface area contributed by atoms with Crippen molar-refractivity contribution in [3.05, 3.63) is 64.2 Å². The minimum absolute atomic E-state index is 0.0291. The molecule has 0 saturated heterocycles. The van der Waals surface area contributed by atoms with Crippen molar-refractivity contribution in [1.82, 2.24) is 0 Å². The fourth-order valence-electron chi connectivity index (χ4n) is 2.11. The highest BCUT2D eigenvalue weighted by molar-refractivity contribution is 5.96. The Morgan fingerprint density at radius 3 is 2.62 bits per heavy atom. The molecule has 0 aliphatic carbocycles. The molecule has 0 aliphatic rings. The Kier molecular flexibility index (Phi) is 6.26. The average molecular weight is 358 g/mol. The zero-order valence-electron chi connectivity index (χ0n) is 14.3. The van der Waals surface area contributed by atoms with Crippen molar-refractivity contribution in [3.63, 3.8) is 0 Å². The van der Waals surface area contributed by atoms with E-state index in [2.05, 4.69) is 5.32 Å². The lowest BCUT2D eigenvalue weighted by atomic mass is 10.2. The molecule has 0 aliphatic heterocycles. The van der Waals surface area contributed by atoms with Crippen LogP contribution in [0.3, 0.4) is 0 Å². The van der Waals surface area contributed by atoms with Gasteiger partial charge in [0, 0.05) is 6.07 Å². The lowest BCUT2D eigenvalue weighted by molar-refractivity contribution is -0.383. The molecule has 8 heteroatoms. The molecule has 0 unspecified atom stereocenters. The summed E-state index contributed by atoms with van der Waals surface area (Å²) < 4.78 is 10.3. The van der Waals surface area contributed by atoms with Crippen LogP contribution in [0, 0.1) is 17.0 Å². The van der Waals surface area contributed by atoms with Crippen LogP contribution in [0.2, 0.25) is 0 Å². The Hall–Kier alpha value is -3.42. The molecular weight excluding hydrogens is 340 g/mol. The van der Waals surface area contributed by atoms with Crippen molar-refractivity contribution in [3.8, 4) is 5.75 Å². The second-order valence-electron chi connectivity index (χ2n) is 5.50. The van der Waals surface area contributed by atoms with Crippen LogP contribution in [-0.4, -0.2) is 29.5 Å². The average Bonchev–Trinajstić information content (AvgIpc) is 2.60. The maximum Gasteiger partial charge on any atom is 0.344 e. The standard InChI is InChI=1S/C18H18N2O6/c1-12-6-5-7-14(10-12)25-11-17(21)26-13(2)18(22)19-15-8-3-4-9-16(15)20(23)24/h3-10,13H,11H2,1-2H3,(H,19,22)/t13-/m1/s1. The molecule has 2 aromatic carbocycles. The van der Waals surface area contributed by atoms with Gasteiger partial charge in [0.15, 0.2) is 12.7 Å². The number of nitrogens with one attached hydrogen (secondary N) is 1. The number of para-hydroxylation sites is 2. The number of hydrogen-bond donors (Lipinski definition) is 1. The number of carbonyl (C=O) groups is 2. The number of carbonyl (C=O) groups excluding carboxylic acids is 2. The molecule has 1 amide bonds. The summed E-state index contributed by atoms with van der Waals surface area (Å²) >= 11 is 0. The fraction of sp³-hybridized carbons (Fsp3) is 0.222. The lowest BCUT2D eigenvalue weighted by Gasteiger charge is -2.14. The molecule has 0 radical (unpaired) electrons. The summed E-state index contributed by atoms with van der Waals surface area (Å²) in [6, 6.07) is 12.8. The topological polar surface area (TPSA) is 108 Å². The predicted molar refractivity (Wildman–Crippen MR) is 94.0 cm³/mol. The van der Waals surface area contributed by atoms with Gasteiger partial charge in [-0.05, 0) is 37.6 Å². The molecule has 136 valence electrons. The van der Waals surface area contributed by atoms with E-state index in [0.29, 0.717) is 5.75 Å². The Balaban J connectivity index is 1.88. The first-order chi connectivity index (χ1) is 12.4. The number of aryl methyl sites for hydroxylation is 1. The smallest absolute Gasteiger partial charge is 0.344 e. The van der Waals surface area contributed by atoms with E-state index < -0.39 is 22.9 Å². The first kappa shape index (κ1) is 18.9. The Labute approximate surface area is 149 Å². The molecule has 1 atom stereocenters. The third-order valence-corrected chi connectivity index (χ3v) is 3.38. The van der Waals surface area contributed by atoms with Crippen molar-refractivity contribution >= 4 is 23.3 Å². The molecule has 0 spiro atoms. The van der Waals surface area contributed by atoms with Crippen molar-refractivity contribution in [1.29, 1.82) is 0 Å². The van der Waals surface area contributed by atoms with Crippen LogP contribution in [0.25, 0.3) is 0 Å². The Bertz CT molecular complexity index is 821. The lowest BCUT2D eigenvalue weighted by Crippen LogP contribution is -2.31. The van der Waals surface area contributed by atoms with E-state index in [1.165, 1.54) is 25.1 Å². The highest BCUT2D eigenvalue weighted by Crippen LogP contribution is 2.23. The summed E-state index contributed by atoms with van der Waals surface area (Å²) in [7, 11) is 0. The van der Waals surface area contributed by atoms with Crippen molar-refractivity contribution in [2.45, 2.75) is 20.0 Å². The van der Waals surface area contributed by atoms with Crippen molar-refractivity contribution < 1.29 is 24.0 Å². The summed E-state index contributed by atoms with van der Waals surface area (Å²) in [6.07, 6.45) is -1.14. The van der Waals surface area contributed by atoms with E-state index in [1.807, 2.05) is 13.0 Å². The molecule has 2 aromatic rings. The molecule has 26 heavy (non-hydrogen) atoms. The predicted octanol–water partition coefficient (Wildman–Crippen LogP) is 2.85. The maximum atomic E-state index is 12.1. The number of nitrogens with zero attached hydrogens (tertiary/aromatic N) is 1. The summed E-state index contributed by atoms with van der Waals surface area (Å²) in [5.41, 5.74) is 0.761. The third-order valence-electron chi connectivity index (χ3n) is 3.38. The van der Waals surface area contributed by atoms with Gasteiger partial charge < -0.3 is 14.8 Å². The number of amides is 1. The van der Waals surface area contributed by atoms with Gasteiger partial charge in [0.25, 0.3) is 11.6 Å². The van der Waals surface area contributed by atoms with Gasteiger partial charge in [-0.2, -0.15) is 0 Å². The van der Waals surface area contributed by atoms with Crippen LogP contribution in [0.4, 0.5) is 11.4 Å².